The van der Waals surface area contributed by atoms with Gasteiger partial charge in [0.15, 0.2) is 0 Å². The summed E-state index contributed by atoms with van der Waals surface area (Å²) < 4.78 is 6.34. The molecule has 1 aromatic carbocycles. The molecule has 0 radical (unpaired) electrons. The smallest absolute Gasteiger partial charge is 0.342 e. The fraction of sp³-hybridized carbons (Fsp3) is 0.788. The maximum absolute atomic E-state index is 13.2. The van der Waals surface area contributed by atoms with Crippen LogP contribution in [-0.2, 0) is 4.74 Å². The van der Waals surface area contributed by atoms with Crippen LogP contribution >= 0.6 is 0 Å². The molecule has 3 heteroatoms. The lowest BCUT2D eigenvalue weighted by Crippen LogP contribution is -2.45. The molecular formula is C33H58O3. The number of benzene rings is 1. The summed E-state index contributed by atoms with van der Waals surface area (Å²) in [5.41, 5.74) is 0.286. The third kappa shape index (κ3) is 11.7. The second-order valence-corrected chi connectivity index (χ2v) is 13.1. The third-order valence-electron chi connectivity index (χ3n) is 7.94. The van der Waals surface area contributed by atoms with E-state index in [1.165, 1.54) is 70.6 Å². The molecule has 1 aromatic rings. The van der Waals surface area contributed by atoms with E-state index < -0.39 is 5.97 Å². The van der Waals surface area contributed by atoms with Crippen LogP contribution in [0.25, 0.3) is 0 Å². The molecule has 3 unspecified atom stereocenters. The Balaban J connectivity index is 2.82. The van der Waals surface area contributed by atoms with Crippen molar-refractivity contribution in [1.29, 1.82) is 0 Å². The summed E-state index contributed by atoms with van der Waals surface area (Å²) in [7, 11) is 0. The van der Waals surface area contributed by atoms with Gasteiger partial charge in [0.1, 0.15) is 17.4 Å². The van der Waals surface area contributed by atoms with E-state index in [-0.39, 0.29) is 40.1 Å². The first kappa shape index (κ1) is 32.5. The number of rotatable bonds is 17. The van der Waals surface area contributed by atoms with Gasteiger partial charge in [-0.2, -0.15) is 0 Å². The molecule has 36 heavy (non-hydrogen) atoms. The zero-order valence-corrected chi connectivity index (χ0v) is 25.0. The Labute approximate surface area is 223 Å². The second-order valence-electron chi connectivity index (χ2n) is 13.1. The molecule has 0 aromatic heterocycles. The fourth-order valence-electron chi connectivity index (χ4n) is 5.73. The van der Waals surface area contributed by atoms with Crippen LogP contribution in [0, 0.1) is 22.7 Å². The maximum Gasteiger partial charge on any atom is 0.342 e. The van der Waals surface area contributed by atoms with Crippen molar-refractivity contribution in [2.45, 2.75) is 145 Å². The summed E-state index contributed by atoms with van der Waals surface area (Å²) in [4.78, 5) is 13.2. The van der Waals surface area contributed by atoms with E-state index in [1.54, 1.807) is 24.3 Å². The lowest BCUT2D eigenvalue weighted by Gasteiger charge is -2.44. The van der Waals surface area contributed by atoms with Crippen molar-refractivity contribution in [2.24, 2.45) is 22.7 Å². The lowest BCUT2D eigenvalue weighted by molar-refractivity contribution is -0.0622. The molecular weight excluding hydrogens is 444 g/mol. The molecule has 0 amide bonds. The van der Waals surface area contributed by atoms with Crippen molar-refractivity contribution in [3.63, 3.8) is 0 Å². The van der Waals surface area contributed by atoms with Crippen molar-refractivity contribution >= 4 is 5.97 Å². The van der Waals surface area contributed by atoms with Crippen LogP contribution in [0.1, 0.15) is 149 Å². The Bertz CT molecular complexity index is 725. The van der Waals surface area contributed by atoms with Crippen molar-refractivity contribution in [2.75, 3.05) is 0 Å². The molecule has 0 aliphatic carbocycles. The van der Waals surface area contributed by atoms with Gasteiger partial charge in [-0.05, 0) is 35.8 Å². The summed E-state index contributed by atoms with van der Waals surface area (Å²) in [5.74, 6) is 0.0796. The summed E-state index contributed by atoms with van der Waals surface area (Å²) in [6, 6.07) is 6.72. The van der Waals surface area contributed by atoms with E-state index in [2.05, 4.69) is 55.4 Å². The van der Waals surface area contributed by atoms with Crippen molar-refractivity contribution in [1.82, 2.24) is 0 Å². The summed E-state index contributed by atoms with van der Waals surface area (Å²) >= 11 is 0. The third-order valence-corrected chi connectivity index (χ3v) is 7.94. The number of unbranched alkanes of at least 4 members (excludes halogenated alkanes) is 10. The second kappa shape index (κ2) is 16.4. The zero-order chi connectivity index (χ0) is 27.2. The SMILES string of the molecule is CCCCCCCCCCCCCC(C(OC(=O)c1ccccc1O)C(CC)C(C)(C)C)C(C)(C)C. The summed E-state index contributed by atoms with van der Waals surface area (Å²) in [6.07, 6.45) is 16.5. The lowest BCUT2D eigenvalue weighted by atomic mass is 9.65. The Morgan fingerprint density at radius 3 is 1.67 bits per heavy atom. The highest BCUT2D eigenvalue weighted by atomic mass is 16.5. The van der Waals surface area contributed by atoms with Gasteiger partial charge in [0, 0.05) is 11.8 Å². The first-order chi connectivity index (χ1) is 16.9. The van der Waals surface area contributed by atoms with E-state index in [0.717, 1.165) is 12.8 Å². The highest BCUT2D eigenvalue weighted by molar-refractivity contribution is 5.92. The minimum Gasteiger partial charge on any atom is -0.507 e. The first-order valence-corrected chi connectivity index (χ1v) is 14.9. The first-order valence-electron chi connectivity index (χ1n) is 14.9. The number of ether oxygens (including phenoxy) is 1. The number of phenolic OH excluding ortho intramolecular Hbond substituents is 1. The molecule has 208 valence electrons. The van der Waals surface area contributed by atoms with Gasteiger partial charge in [-0.3, -0.25) is 0 Å². The Hall–Kier alpha value is -1.51. The summed E-state index contributed by atoms with van der Waals surface area (Å²) in [5, 5.41) is 10.3. The Morgan fingerprint density at radius 2 is 1.22 bits per heavy atom. The number of hydrogen-bond acceptors (Lipinski definition) is 3. The number of para-hydroxylation sites is 1. The molecule has 0 fully saturated rings. The van der Waals surface area contributed by atoms with E-state index >= 15 is 0 Å². The topological polar surface area (TPSA) is 46.5 Å². The van der Waals surface area contributed by atoms with Crippen LogP contribution in [0.2, 0.25) is 0 Å². The molecule has 0 aliphatic heterocycles. The number of esters is 1. The van der Waals surface area contributed by atoms with Gasteiger partial charge in [0.2, 0.25) is 0 Å². The molecule has 0 heterocycles. The number of phenols is 1. The van der Waals surface area contributed by atoms with E-state index in [0.29, 0.717) is 0 Å². The van der Waals surface area contributed by atoms with Gasteiger partial charge in [-0.25, -0.2) is 4.79 Å². The predicted octanol–water partition coefficient (Wildman–Crippen LogP) is 10.4. The fourth-order valence-corrected chi connectivity index (χ4v) is 5.73. The monoisotopic (exact) mass is 502 g/mol. The van der Waals surface area contributed by atoms with Crippen LogP contribution in [0.3, 0.4) is 0 Å². The van der Waals surface area contributed by atoms with Gasteiger partial charge >= 0.3 is 5.97 Å². The van der Waals surface area contributed by atoms with Gasteiger partial charge in [-0.1, -0.05) is 138 Å². The molecule has 0 aliphatic rings. The number of aromatic hydroxyl groups is 1. The quantitative estimate of drug-likeness (QED) is 0.170. The van der Waals surface area contributed by atoms with Gasteiger partial charge in [0.25, 0.3) is 0 Å². The van der Waals surface area contributed by atoms with E-state index in [9.17, 15) is 9.90 Å². The minimum atomic E-state index is -0.408. The standard InChI is InChI=1S/C33H58O3/c1-9-11-12-13-14-15-16-17-18-19-20-24-28(33(6,7)8)30(27(10-2)32(3,4)5)36-31(35)26-23-21-22-25-29(26)34/h21-23,25,27-28,30,34H,9-20,24H2,1-8H3. The molecule has 0 bridgehead atoms. The molecule has 3 atom stereocenters. The van der Waals surface area contributed by atoms with Crippen LogP contribution in [0.15, 0.2) is 24.3 Å². The predicted molar refractivity (Wildman–Crippen MR) is 155 cm³/mol. The molecule has 0 saturated carbocycles. The van der Waals surface area contributed by atoms with Crippen molar-refractivity contribution < 1.29 is 14.6 Å². The normalized spacial score (nSPS) is 14.9. The maximum atomic E-state index is 13.2. The Morgan fingerprint density at radius 1 is 0.750 bits per heavy atom. The van der Waals surface area contributed by atoms with E-state index in [1.807, 2.05) is 0 Å². The van der Waals surface area contributed by atoms with Gasteiger partial charge < -0.3 is 9.84 Å². The average Bonchev–Trinajstić information content (AvgIpc) is 2.78. The van der Waals surface area contributed by atoms with Crippen LogP contribution in [-0.4, -0.2) is 17.2 Å². The Kier molecular flexibility index (Phi) is 14.8. The largest absolute Gasteiger partial charge is 0.507 e. The highest BCUT2D eigenvalue weighted by Gasteiger charge is 2.43. The van der Waals surface area contributed by atoms with Crippen LogP contribution in [0.5, 0.6) is 5.75 Å². The highest BCUT2D eigenvalue weighted by Crippen LogP contribution is 2.44. The van der Waals surface area contributed by atoms with Crippen LogP contribution < -0.4 is 0 Å². The van der Waals surface area contributed by atoms with Crippen molar-refractivity contribution in [3.05, 3.63) is 29.8 Å². The number of carbonyl (C=O) groups excluding carboxylic acids is 1. The van der Waals surface area contributed by atoms with Crippen molar-refractivity contribution in [3.8, 4) is 5.75 Å². The number of hydrogen-bond donors (Lipinski definition) is 1. The molecule has 1 N–H and O–H groups in total. The summed E-state index contributed by atoms with van der Waals surface area (Å²) in [6.45, 7) is 18.1. The number of carbonyl (C=O) groups is 1. The molecule has 3 nitrogen and oxygen atoms in total. The van der Waals surface area contributed by atoms with Gasteiger partial charge in [0.05, 0.1) is 0 Å². The minimum absolute atomic E-state index is 0.0114. The molecule has 0 spiro atoms. The van der Waals surface area contributed by atoms with E-state index in [4.69, 9.17) is 4.74 Å². The van der Waals surface area contributed by atoms with Gasteiger partial charge in [-0.15, -0.1) is 0 Å². The molecule has 1 rings (SSSR count). The molecule has 0 saturated heterocycles. The zero-order valence-electron chi connectivity index (χ0n) is 25.0. The van der Waals surface area contributed by atoms with Crippen LogP contribution in [0.4, 0.5) is 0 Å². The average molecular weight is 503 g/mol.